The van der Waals surface area contributed by atoms with Crippen LogP contribution in [0, 0.1) is 24.7 Å². The van der Waals surface area contributed by atoms with E-state index in [0.717, 1.165) is 65.5 Å². The molecule has 2 atom stereocenters. The lowest BCUT2D eigenvalue weighted by atomic mass is 9.86. The molecule has 16 heteroatoms. The van der Waals surface area contributed by atoms with Crippen molar-refractivity contribution >= 4 is 66.9 Å². The number of nitrogens with zero attached hydrogens (tertiary/aromatic N) is 6. The Morgan fingerprint density at radius 1 is 0.613 bits per heavy atom. The fourth-order valence-corrected chi connectivity index (χ4v) is 10.7. The summed E-state index contributed by atoms with van der Waals surface area (Å²) in [7, 11) is -2.03. The smallest absolute Gasteiger partial charge is 0.228 e. The summed E-state index contributed by atoms with van der Waals surface area (Å²) in [5, 5.41) is 9.06. The zero-order valence-electron chi connectivity index (χ0n) is 35.3. The number of nitrogens with one attached hydrogen (secondary N) is 2. The van der Waals surface area contributed by atoms with Crippen molar-refractivity contribution in [2.45, 2.75) is 36.7 Å². The number of anilines is 4. The van der Waals surface area contributed by atoms with Crippen LogP contribution >= 0.6 is 0 Å². The van der Waals surface area contributed by atoms with Crippen LogP contribution in [-0.4, -0.2) is 106 Å². The van der Waals surface area contributed by atoms with Gasteiger partial charge in [0.1, 0.15) is 11.6 Å². The average molecular weight is 875 g/mol. The summed E-state index contributed by atoms with van der Waals surface area (Å²) in [5.41, 5.74) is 18.2. The molecule has 2 saturated heterocycles. The molecule has 4 aromatic carbocycles. The monoisotopic (exact) mass is 874 g/mol. The first-order valence-electron chi connectivity index (χ1n) is 21.2. The fraction of sp³-hybridized carbons (Fsp3) is 0.391. The van der Waals surface area contributed by atoms with Gasteiger partial charge in [0.05, 0.1) is 59.1 Å². The lowest BCUT2D eigenvalue weighted by Crippen LogP contribution is -2.52. The molecule has 2 aromatic heterocycles. The summed E-state index contributed by atoms with van der Waals surface area (Å²) in [6.07, 6.45) is 0. The summed E-state index contributed by atoms with van der Waals surface area (Å²) in [6, 6.07) is 28.3. The second-order valence-electron chi connectivity index (χ2n) is 17.0. The second kappa shape index (κ2) is 17.9. The van der Waals surface area contributed by atoms with E-state index in [1.165, 1.54) is 0 Å². The third kappa shape index (κ3) is 8.76. The molecule has 2 unspecified atom stereocenters. The van der Waals surface area contributed by atoms with Crippen LogP contribution in [0.3, 0.4) is 0 Å². The molecular weight excluding hydrogens is 821 g/mol. The van der Waals surface area contributed by atoms with E-state index in [9.17, 15) is 8.42 Å². The molecule has 14 nitrogen and oxygen atoms in total. The molecule has 4 aliphatic heterocycles. The maximum atomic E-state index is 12.7. The molecule has 4 aliphatic rings. The number of nitrogens with two attached hydrogens (primary N) is 2. The molecule has 0 spiro atoms. The first kappa shape index (κ1) is 42.2. The third-order valence-electron chi connectivity index (χ3n) is 12.3. The van der Waals surface area contributed by atoms with Gasteiger partial charge in [-0.2, -0.15) is 9.97 Å². The van der Waals surface area contributed by atoms with Crippen LogP contribution in [0.15, 0.2) is 94.7 Å². The van der Waals surface area contributed by atoms with Gasteiger partial charge in [-0.1, -0.05) is 59.7 Å². The Labute approximate surface area is 367 Å². The predicted molar refractivity (Wildman–Crippen MR) is 248 cm³/mol. The predicted octanol–water partition coefficient (Wildman–Crippen LogP) is 4.91. The molecule has 0 bridgehead atoms. The van der Waals surface area contributed by atoms with Gasteiger partial charge in [0, 0.05) is 95.3 Å². The molecule has 0 saturated carbocycles. The van der Waals surface area contributed by atoms with Crippen molar-refractivity contribution in [2.75, 3.05) is 97.6 Å². The van der Waals surface area contributed by atoms with Gasteiger partial charge in [0.2, 0.25) is 11.9 Å². The van der Waals surface area contributed by atoms with Crippen LogP contribution in [0.25, 0.3) is 21.8 Å². The maximum Gasteiger partial charge on any atom is 0.228 e. The highest BCUT2D eigenvalue weighted by atomic mass is 32.2. The zero-order chi connectivity index (χ0) is 42.8. The minimum Gasteiger partial charge on any atom is -0.380 e. The van der Waals surface area contributed by atoms with Crippen LogP contribution < -0.4 is 31.9 Å². The molecule has 2 fully saturated rings. The lowest BCUT2D eigenvalue weighted by molar-refractivity contribution is -0.0979. The van der Waals surface area contributed by atoms with Gasteiger partial charge >= 0.3 is 0 Å². The quantitative estimate of drug-likeness (QED) is 0.146. The molecule has 62 heavy (non-hydrogen) atoms. The Kier molecular flexibility index (Phi) is 12.2. The van der Waals surface area contributed by atoms with Crippen LogP contribution in [0.1, 0.15) is 22.3 Å². The van der Waals surface area contributed by atoms with Crippen LogP contribution in [0.4, 0.5) is 23.5 Å². The van der Waals surface area contributed by atoms with Crippen LogP contribution in [0.2, 0.25) is 0 Å². The minimum atomic E-state index is -1.01. The summed E-state index contributed by atoms with van der Waals surface area (Å²) in [5.74, 6) is 4.04. The van der Waals surface area contributed by atoms with Crippen LogP contribution in [0.5, 0.6) is 0 Å². The highest BCUT2D eigenvalue weighted by Gasteiger charge is 2.38. The van der Waals surface area contributed by atoms with Gasteiger partial charge in [-0.25, -0.2) is 9.97 Å². The van der Waals surface area contributed by atoms with Gasteiger partial charge in [-0.15, -0.1) is 0 Å². The fourth-order valence-electron chi connectivity index (χ4n) is 8.15. The van der Waals surface area contributed by atoms with Crippen molar-refractivity contribution in [3.05, 3.63) is 107 Å². The van der Waals surface area contributed by atoms with Crippen molar-refractivity contribution < 1.29 is 17.9 Å². The number of aryl methyl sites for hydroxylation is 2. The molecule has 0 aliphatic carbocycles. The number of hydrogen-bond acceptors (Lipinski definition) is 14. The van der Waals surface area contributed by atoms with Gasteiger partial charge in [0.15, 0.2) is 0 Å². The number of aromatic nitrogens is 4. The maximum absolute atomic E-state index is 12.7. The van der Waals surface area contributed by atoms with E-state index >= 15 is 0 Å². The lowest BCUT2D eigenvalue weighted by Gasteiger charge is -2.40. The summed E-state index contributed by atoms with van der Waals surface area (Å²) < 4.78 is 36.2. The van der Waals surface area contributed by atoms with E-state index in [1.807, 2.05) is 60.7 Å². The van der Waals surface area contributed by atoms with Gasteiger partial charge in [0.25, 0.3) is 0 Å². The standard InChI is InChI=1S/2C23H27N5O2S/c2*1-16-6-7-19-18(10-16)21(25-13-23(12-24)14-30-15-23)27-22(26-19)28-8-9-31(29)20-5-3-2-4-17(20)11-28/h2*2-7,10H,8-9,11-15,24H2,1H3,(H,25,26,27). The minimum absolute atomic E-state index is 0.0420. The van der Waals surface area contributed by atoms with Crippen molar-refractivity contribution in [1.29, 1.82) is 0 Å². The average Bonchev–Trinajstić information content (AvgIpc) is 3.54. The zero-order valence-corrected chi connectivity index (χ0v) is 36.9. The molecule has 6 aromatic rings. The van der Waals surface area contributed by atoms with E-state index in [2.05, 4.69) is 58.5 Å². The van der Waals surface area contributed by atoms with Crippen molar-refractivity contribution in [2.24, 2.45) is 22.3 Å². The van der Waals surface area contributed by atoms with Crippen molar-refractivity contribution in [3.8, 4) is 0 Å². The van der Waals surface area contributed by atoms with E-state index in [-0.39, 0.29) is 10.8 Å². The molecule has 324 valence electrons. The van der Waals surface area contributed by atoms with Crippen molar-refractivity contribution in [3.63, 3.8) is 0 Å². The van der Waals surface area contributed by atoms with Gasteiger partial charge in [-0.3, -0.25) is 8.42 Å². The first-order chi connectivity index (χ1) is 30.1. The summed E-state index contributed by atoms with van der Waals surface area (Å²) >= 11 is 0. The number of ether oxygens (including phenoxy) is 2. The number of rotatable bonds is 10. The molecule has 6 N–H and O–H groups in total. The Morgan fingerprint density at radius 3 is 1.42 bits per heavy atom. The third-order valence-corrected chi connectivity index (χ3v) is 15.1. The summed E-state index contributed by atoms with van der Waals surface area (Å²) in [6.45, 7) is 11.9. The second-order valence-corrected chi connectivity index (χ2v) is 20.1. The number of benzene rings is 4. The van der Waals surface area contributed by atoms with E-state index < -0.39 is 21.6 Å². The highest BCUT2D eigenvalue weighted by Crippen LogP contribution is 2.33. The van der Waals surface area contributed by atoms with Gasteiger partial charge in [-0.05, 0) is 61.4 Å². The molecule has 10 rings (SSSR count). The number of fused-ring (bicyclic) bond motifs is 4. The van der Waals surface area contributed by atoms with Crippen molar-refractivity contribution in [1.82, 2.24) is 19.9 Å². The Morgan fingerprint density at radius 2 is 1.03 bits per heavy atom. The van der Waals surface area contributed by atoms with E-state index in [0.29, 0.717) is 102 Å². The normalized spacial score (nSPS) is 20.1. The SMILES string of the molecule is Cc1ccc2nc(N3CCS(=O)c4ccccc4C3)nc(NCC3(CN)COC3)c2c1.Cc1ccc2nc(N3CCS(=O)c4ccccc4C3)nc(NCC3(CN)COC3)c2c1. The van der Waals surface area contributed by atoms with E-state index in [1.54, 1.807) is 0 Å². The van der Waals surface area contributed by atoms with E-state index in [4.69, 9.17) is 40.9 Å². The number of hydrogen-bond donors (Lipinski definition) is 4. The van der Waals surface area contributed by atoms with Gasteiger partial charge < -0.3 is 41.4 Å². The Balaban J connectivity index is 0.000000158. The largest absolute Gasteiger partial charge is 0.380 e. The highest BCUT2D eigenvalue weighted by molar-refractivity contribution is 7.85. The first-order valence-corrected chi connectivity index (χ1v) is 23.8. The molecule has 0 amide bonds. The van der Waals surface area contributed by atoms with Crippen LogP contribution in [-0.2, 0) is 44.2 Å². The molecule has 0 radical (unpaired) electrons. The topological polar surface area (TPSA) is 187 Å². The Bertz CT molecular complexity index is 2470. The Hall–Kier alpha value is -5.10. The summed E-state index contributed by atoms with van der Waals surface area (Å²) in [4.78, 5) is 25.7. The molecular formula is C46H54N10O4S2. The molecule has 6 heterocycles.